The molecular formula is C12H13IN2O4. The Hall–Kier alpha value is -1.35. The van der Waals surface area contributed by atoms with Crippen molar-refractivity contribution >= 4 is 40.3 Å². The minimum Gasteiger partial charge on any atom is -0.480 e. The number of carbonyl (C=O) groups is 2. The van der Waals surface area contributed by atoms with Gasteiger partial charge in [0.2, 0.25) is 0 Å². The highest BCUT2D eigenvalue weighted by Gasteiger charge is 2.39. The molecular weight excluding hydrogens is 363 g/mol. The number of para-hydroxylation sites is 1. The molecule has 0 bridgehead atoms. The summed E-state index contributed by atoms with van der Waals surface area (Å²) in [5, 5.41) is 21.2. The van der Waals surface area contributed by atoms with Gasteiger partial charge in [0.25, 0.3) is 0 Å². The number of likely N-dealkylation sites (tertiary alicyclic amines) is 1. The summed E-state index contributed by atoms with van der Waals surface area (Å²) in [5.41, 5.74) is 0.624. The topological polar surface area (TPSA) is 89.9 Å². The number of nitrogens with one attached hydrogen (secondary N) is 1. The van der Waals surface area contributed by atoms with E-state index in [2.05, 4.69) is 27.9 Å². The number of urea groups is 1. The lowest BCUT2D eigenvalue weighted by Gasteiger charge is -2.21. The number of rotatable bonds is 2. The molecule has 3 N–H and O–H groups in total. The first-order chi connectivity index (χ1) is 8.99. The molecule has 0 aromatic heterocycles. The molecule has 1 heterocycles. The number of hydrogen-bond donors (Lipinski definition) is 3. The predicted molar refractivity (Wildman–Crippen MR) is 76.9 cm³/mol. The summed E-state index contributed by atoms with van der Waals surface area (Å²) in [7, 11) is 0. The Kier molecular flexibility index (Phi) is 4.25. The predicted octanol–water partition coefficient (Wildman–Crippen LogP) is 1.34. The van der Waals surface area contributed by atoms with E-state index in [0.29, 0.717) is 5.69 Å². The molecule has 0 unspecified atom stereocenters. The number of aliphatic carboxylic acids is 1. The molecule has 0 radical (unpaired) electrons. The van der Waals surface area contributed by atoms with Gasteiger partial charge in [-0.2, -0.15) is 0 Å². The number of benzene rings is 1. The van der Waals surface area contributed by atoms with Crippen LogP contribution in [0.15, 0.2) is 24.3 Å². The molecule has 0 aliphatic carbocycles. The Bertz CT molecular complexity index is 508. The lowest BCUT2D eigenvalue weighted by molar-refractivity contribution is -0.141. The maximum absolute atomic E-state index is 12.1. The molecule has 0 saturated carbocycles. The number of anilines is 1. The average Bonchev–Trinajstić information content (AvgIpc) is 2.74. The van der Waals surface area contributed by atoms with Crippen molar-refractivity contribution in [1.82, 2.24) is 4.90 Å². The first-order valence-electron chi connectivity index (χ1n) is 5.72. The van der Waals surface area contributed by atoms with E-state index >= 15 is 0 Å². The second kappa shape index (κ2) is 5.74. The lowest BCUT2D eigenvalue weighted by Crippen LogP contribution is -2.43. The zero-order chi connectivity index (χ0) is 14.0. The van der Waals surface area contributed by atoms with Crippen molar-refractivity contribution in [3.63, 3.8) is 0 Å². The van der Waals surface area contributed by atoms with Gasteiger partial charge in [0, 0.05) is 16.5 Å². The number of carboxylic acids is 1. The number of nitrogens with zero attached hydrogens (tertiary/aromatic N) is 1. The third kappa shape index (κ3) is 3.16. The van der Waals surface area contributed by atoms with Crippen LogP contribution >= 0.6 is 22.6 Å². The second-order valence-electron chi connectivity index (χ2n) is 4.31. The highest BCUT2D eigenvalue weighted by molar-refractivity contribution is 14.1. The maximum Gasteiger partial charge on any atom is 0.326 e. The van der Waals surface area contributed by atoms with Crippen molar-refractivity contribution in [1.29, 1.82) is 0 Å². The highest BCUT2D eigenvalue weighted by atomic mass is 127. The van der Waals surface area contributed by atoms with Crippen LogP contribution in [0.25, 0.3) is 0 Å². The Morgan fingerprint density at radius 1 is 1.37 bits per heavy atom. The molecule has 6 nitrogen and oxygen atoms in total. The van der Waals surface area contributed by atoms with Crippen LogP contribution in [-0.2, 0) is 4.79 Å². The zero-order valence-corrected chi connectivity index (χ0v) is 12.1. The molecule has 1 aromatic carbocycles. The first-order valence-corrected chi connectivity index (χ1v) is 6.80. The third-order valence-electron chi connectivity index (χ3n) is 2.94. The smallest absolute Gasteiger partial charge is 0.326 e. The average molecular weight is 376 g/mol. The summed E-state index contributed by atoms with van der Waals surface area (Å²) in [6.07, 6.45) is -0.726. The quantitative estimate of drug-likeness (QED) is 0.680. The standard InChI is InChI=1S/C12H13IN2O4/c13-8-3-1-2-4-9(8)14-12(19)15-6-7(16)5-10(15)11(17)18/h1-4,7,10,16H,5-6H2,(H,14,19)(H,17,18)/t7-,10-/m1/s1. The van der Waals surface area contributed by atoms with Gasteiger partial charge in [-0.05, 0) is 34.7 Å². The zero-order valence-electron chi connectivity index (χ0n) is 9.91. The molecule has 1 fully saturated rings. The van der Waals surface area contributed by atoms with Crippen LogP contribution in [0.4, 0.5) is 10.5 Å². The van der Waals surface area contributed by atoms with Crippen molar-refractivity contribution in [3.05, 3.63) is 27.8 Å². The number of carboxylic acid groups (broad SMARTS) is 1. The minimum atomic E-state index is -1.10. The number of hydrogen-bond acceptors (Lipinski definition) is 3. The van der Waals surface area contributed by atoms with Gasteiger partial charge >= 0.3 is 12.0 Å². The maximum atomic E-state index is 12.1. The molecule has 2 atom stereocenters. The first kappa shape index (κ1) is 14.1. The van der Waals surface area contributed by atoms with Crippen LogP contribution in [0, 0.1) is 3.57 Å². The minimum absolute atomic E-state index is 0.0339. The van der Waals surface area contributed by atoms with Gasteiger partial charge in [0.05, 0.1) is 11.8 Å². The van der Waals surface area contributed by atoms with E-state index in [-0.39, 0.29) is 13.0 Å². The van der Waals surface area contributed by atoms with Gasteiger partial charge in [-0.3, -0.25) is 0 Å². The van der Waals surface area contributed by atoms with Gasteiger partial charge in [-0.15, -0.1) is 0 Å². The highest BCUT2D eigenvalue weighted by Crippen LogP contribution is 2.22. The molecule has 19 heavy (non-hydrogen) atoms. The van der Waals surface area contributed by atoms with E-state index in [0.717, 1.165) is 8.47 Å². The van der Waals surface area contributed by atoms with Crippen LogP contribution in [0.3, 0.4) is 0 Å². The van der Waals surface area contributed by atoms with Crippen molar-refractivity contribution in [2.24, 2.45) is 0 Å². The van der Waals surface area contributed by atoms with Crippen molar-refractivity contribution in [3.8, 4) is 0 Å². The van der Waals surface area contributed by atoms with Gasteiger partial charge in [-0.1, -0.05) is 12.1 Å². The summed E-state index contributed by atoms with van der Waals surface area (Å²) in [6.45, 7) is 0.0339. The van der Waals surface area contributed by atoms with Crippen LogP contribution in [0.5, 0.6) is 0 Å². The lowest BCUT2D eigenvalue weighted by atomic mass is 10.2. The Morgan fingerprint density at radius 3 is 2.68 bits per heavy atom. The molecule has 7 heteroatoms. The fourth-order valence-electron chi connectivity index (χ4n) is 2.02. The summed E-state index contributed by atoms with van der Waals surface area (Å²) < 4.78 is 0.861. The van der Waals surface area contributed by atoms with Gasteiger partial charge < -0.3 is 20.4 Å². The SMILES string of the molecule is O=C(O)[C@H]1C[C@@H](O)CN1C(=O)Nc1ccccc1I. The van der Waals surface area contributed by atoms with Crippen LogP contribution in [-0.4, -0.2) is 45.8 Å². The van der Waals surface area contributed by atoms with Crippen LogP contribution < -0.4 is 5.32 Å². The number of aliphatic hydroxyl groups excluding tert-OH is 1. The van der Waals surface area contributed by atoms with Gasteiger partial charge in [-0.25, -0.2) is 9.59 Å². The Balaban J connectivity index is 2.11. The molecule has 102 valence electrons. The van der Waals surface area contributed by atoms with E-state index in [1.165, 1.54) is 0 Å². The number of amides is 2. The molecule has 0 spiro atoms. The van der Waals surface area contributed by atoms with Crippen LogP contribution in [0.2, 0.25) is 0 Å². The molecule has 2 rings (SSSR count). The molecule has 1 aliphatic rings. The van der Waals surface area contributed by atoms with Crippen LogP contribution in [0.1, 0.15) is 6.42 Å². The Morgan fingerprint density at radius 2 is 2.05 bits per heavy atom. The number of aliphatic hydroxyl groups is 1. The van der Waals surface area contributed by atoms with Gasteiger partial charge in [0.1, 0.15) is 6.04 Å². The van der Waals surface area contributed by atoms with Crippen molar-refractivity contribution < 1.29 is 19.8 Å². The fourth-order valence-corrected chi connectivity index (χ4v) is 2.54. The summed E-state index contributed by atoms with van der Waals surface area (Å²) in [4.78, 5) is 24.3. The largest absolute Gasteiger partial charge is 0.480 e. The number of β-amino-alcohol motifs (C(OH)–C–C–N with tert-alkyl or cyclic N) is 1. The molecule has 1 aliphatic heterocycles. The van der Waals surface area contributed by atoms with E-state index in [1.54, 1.807) is 12.1 Å². The van der Waals surface area contributed by atoms with Crippen molar-refractivity contribution in [2.75, 3.05) is 11.9 Å². The summed E-state index contributed by atoms with van der Waals surface area (Å²) in [5.74, 6) is -1.10. The van der Waals surface area contributed by atoms with E-state index in [4.69, 9.17) is 5.11 Å². The van der Waals surface area contributed by atoms with Gasteiger partial charge in [0.15, 0.2) is 0 Å². The fraction of sp³-hybridized carbons (Fsp3) is 0.333. The second-order valence-corrected chi connectivity index (χ2v) is 5.47. The van der Waals surface area contributed by atoms with Crippen molar-refractivity contribution in [2.45, 2.75) is 18.6 Å². The number of halogens is 1. The molecule has 1 saturated heterocycles. The summed E-state index contributed by atoms with van der Waals surface area (Å²) in [6, 6.07) is 5.72. The summed E-state index contributed by atoms with van der Waals surface area (Å²) >= 11 is 2.08. The van der Waals surface area contributed by atoms with E-state index in [1.807, 2.05) is 12.1 Å². The monoisotopic (exact) mass is 376 g/mol. The molecule has 1 aromatic rings. The molecule has 2 amide bonds. The van der Waals surface area contributed by atoms with E-state index < -0.39 is 24.1 Å². The number of carbonyl (C=O) groups excluding carboxylic acids is 1. The normalized spacial score (nSPS) is 22.3. The van der Waals surface area contributed by atoms with E-state index in [9.17, 15) is 14.7 Å². The Labute approximate surface area is 123 Å². The third-order valence-corrected chi connectivity index (χ3v) is 3.88.